The quantitative estimate of drug-likeness (QED) is 0.340. The molecule has 11 heteroatoms. The summed E-state index contributed by atoms with van der Waals surface area (Å²) in [6.07, 6.45) is 3.25. The molecule has 0 fully saturated rings. The SMILES string of the molecule is CN(CCCCCNC(=O)Cc1ccc(Cl)cc1)CCNC(=O)c1nc(Cl)c(N)nc1N. The van der Waals surface area contributed by atoms with Gasteiger partial charge in [0.15, 0.2) is 22.5 Å². The average Bonchev–Trinajstić information content (AvgIpc) is 2.74. The summed E-state index contributed by atoms with van der Waals surface area (Å²) in [5.41, 5.74) is 12.1. The van der Waals surface area contributed by atoms with Crippen molar-refractivity contribution in [3.63, 3.8) is 0 Å². The Hall–Kier alpha value is -2.62. The summed E-state index contributed by atoms with van der Waals surface area (Å²) in [5.74, 6) is -0.507. The zero-order valence-corrected chi connectivity index (χ0v) is 19.5. The summed E-state index contributed by atoms with van der Waals surface area (Å²) in [6, 6.07) is 7.27. The molecule has 174 valence electrons. The summed E-state index contributed by atoms with van der Waals surface area (Å²) in [4.78, 5) is 33.9. The Bertz CT molecular complexity index is 910. The highest BCUT2D eigenvalue weighted by Gasteiger charge is 2.15. The average molecular weight is 482 g/mol. The molecule has 2 amide bonds. The first kappa shape index (κ1) is 25.6. The second kappa shape index (κ2) is 13.0. The van der Waals surface area contributed by atoms with Crippen molar-refractivity contribution in [2.24, 2.45) is 0 Å². The molecule has 32 heavy (non-hydrogen) atoms. The third-order valence-corrected chi connectivity index (χ3v) is 5.25. The second-order valence-corrected chi connectivity index (χ2v) is 8.20. The topological polar surface area (TPSA) is 139 Å². The largest absolute Gasteiger partial charge is 0.382 e. The highest BCUT2D eigenvalue weighted by molar-refractivity contribution is 6.31. The molecule has 6 N–H and O–H groups in total. The van der Waals surface area contributed by atoms with Crippen LogP contribution in [0.25, 0.3) is 0 Å². The highest BCUT2D eigenvalue weighted by Crippen LogP contribution is 2.17. The van der Waals surface area contributed by atoms with Gasteiger partial charge >= 0.3 is 0 Å². The number of nitrogens with one attached hydrogen (secondary N) is 2. The molecule has 0 atom stereocenters. The van der Waals surface area contributed by atoms with Crippen LogP contribution in [0.15, 0.2) is 24.3 Å². The van der Waals surface area contributed by atoms with Crippen molar-refractivity contribution >= 4 is 46.7 Å². The molecule has 0 saturated carbocycles. The standard InChI is InChI=1S/C21H29Cl2N7O2/c1-30(12-10-27-21(32)17-19(24)29-20(25)18(23)28-17)11-4-2-3-9-26-16(31)13-14-5-7-15(22)8-6-14/h5-8H,2-4,9-13H2,1H3,(H,26,31)(H,27,32)(H4,24,25,29). The zero-order valence-electron chi connectivity index (χ0n) is 18.0. The Kier molecular flexibility index (Phi) is 10.5. The number of likely N-dealkylation sites (N-methyl/N-ethyl adjacent to an activating group) is 1. The molecule has 2 aromatic rings. The maximum atomic E-state index is 12.2. The molecule has 2 rings (SSSR count). The molecular weight excluding hydrogens is 453 g/mol. The molecule has 0 aliphatic heterocycles. The predicted octanol–water partition coefficient (Wildman–Crippen LogP) is 2.14. The number of carbonyl (C=O) groups is 2. The minimum Gasteiger partial charge on any atom is -0.382 e. The second-order valence-electron chi connectivity index (χ2n) is 7.41. The van der Waals surface area contributed by atoms with E-state index in [1.165, 1.54) is 0 Å². The van der Waals surface area contributed by atoms with Crippen molar-refractivity contribution in [3.05, 3.63) is 45.7 Å². The van der Waals surface area contributed by atoms with Crippen molar-refractivity contribution in [3.8, 4) is 0 Å². The Labute approximate surface area is 197 Å². The number of amides is 2. The number of anilines is 2. The van der Waals surface area contributed by atoms with Crippen LogP contribution in [-0.4, -0.2) is 59.9 Å². The number of nitrogens with two attached hydrogens (primary N) is 2. The molecule has 0 aliphatic rings. The van der Waals surface area contributed by atoms with Crippen LogP contribution in [0.2, 0.25) is 10.2 Å². The van der Waals surface area contributed by atoms with E-state index in [1.807, 2.05) is 19.2 Å². The van der Waals surface area contributed by atoms with E-state index in [0.717, 1.165) is 31.4 Å². The maximum Gasteiger partial charge on any atom is 0.273 e. The minimum atomic E-state index is -0.445. The Morgan fingerprint density at radius 1 is 0.938 bits per heavy atom. The van der Waals surface area contributed by atoms with Crippen molar-refractivity contribution in [2.45, 2.75) is 25.7 Å². The van der Waals surface area contributed by atoms with Gasteiger partial charge in [-0.25, -0.2) is 9.97 Å². The molecule has 1 aromatic carbocycles. The van der Waals surface area contributed by atoms with Gasteiger partial charge in [0.1, 0.15) is 0 Å². The van der Waals surface area contributed by atoms with Crippen molar-refractivity contribution in [1.82, 2.24) is 25.5 Å². The fraction of sp³-hybridized carbons (Fsp3) is 0.429. The van der Waals surface area contributed by atoms with Crippen molar-refractivity contribution in [1.29, 1.82) is 0 Å². The lowest BCUT2D eigenvalue weighted by Crippen LogP contribution is -2.34. The van der Waals surface area contributed by atoms with Gasteiger partial charge in [-0.05, 0) is 44.1 Å². The van der Waals surface area contributed by atoms with Crippen LogP contribution in [0.1, 0.15) is 35.3 Å². The number of hydrogen-bond donors (Lipinski definition) is 4. The Morgan fingerprint density at radius 2 is 1.66 bits per heavy atom. The number of halogens is 2. The van der Waals surface area contributed by atoms with Gasteiger partial charge in [-0.3, -0.25) is 9.59 Å². The number of hydrogen-bond acceptors (Lipinski definition) is 7. The van der Waals surface area contributed by atoms with E-state index >= 15 is 0 Å². The number of nitrogen functional groups attached to an aromatic ring is 2. The summed E-state index contributed by atoms with van der Waals surface area (Å²) in [7, 11) is 1.98. The molecule has 0 radical (unpaired) electrons. The Balaban J connectivity index is 1.53. The third kappa shape index (κ3) is 8.86. The fourth-order valence-corrected chi connectivity index (χ4v) is 3.18. The third-order valence-electron chi connectivity index (χ3n) is 4.72. The Morgan fingerprint density at radius 3 is 2.38 bits per heavy atom. The number of unbranched alkanes of at least 4 members (excludes halogenated alkanes) is 2. The molecule has 1 heterocycles. The number of carbonyl (C=O) groups excluding carboxylic acids is 2. The van der Waals surface area contributed by atoms with Gasteiger partial charge in [0, 0.05) is 24.7 Å². The van der Waals surface area contributed by atoms with Gasteiger partial charge in [0.2, 0.25) is 5.91 Å². The first-order valence-corrected chi connectivity index (χ1v) is 11.1. The van der Waals surface area contributed by atoms with E-state index in [-0.39, 0.29) is 28.4 Å². The van der Waals surface area contributed by atoms with Crippen LogP contribution in [0, 0.1) is 0 Å². The summed E-state index contributed by atoms with van der Waals surface area (Å²) >= 11 is 11.6. The van der Waals surface area contributed by atoms with E-state index < -0.39 is 5.91 Å². The summed E-state index contributed by atoms with van der Waals surface area (Å²) in [6.45, 7) is 2.63. The molecule has 0 unspecified atom stereocenters. The van der Waals surface area contributed by atoms with E-state index in [0.29, 0.717) is 31.1 Å². The van der Waals surface area contributed by atoms with Gasteiger partial charge in [-0.2, -0.15) is 0 Å². The van der Waals surface area contributed by atoms with E-state index in [2.05, 4.69) is 25.5 Å². The molecule has 0 spiro atoms. The zero-order chi connectivity index (χ0) is 23.5. The molecular formula is C21H29Cl2N7O2. The normalized spacial score (nSPS) is 10.9. The molecule has 0 aliphatic carbocycles. The number of benzene rings is 1. The van der Waals surface area contributed by atoms with Crippen LogP contribution in [0.3, 0.4) is 0 Å². The molecule has 9 nitrogen and oxygen atoms in total. The van der Waals surface area contributed by atoms with Crippen LogP contribution in [0.4, 0.5) is 11.6 Å². The number of nitrogens with zero attached hydrogens (tertiary/aromatic N) is 3. The first-order valence-electron chi connectivity index (χ1n) is 10.3. The van der Waals surface area contributed by atoms with E-state index in [1.54, 1.807) is 12.1 Å². The summed E-state index contributed by atoms with van der Waals surface area (Å²) < 4.78 is 0. The van der Waals surface area contributed by atoms with E-state index in [9.17, 15) is 9.59 Å². The van der Waals surface area contributed by atoms with Gasteiger partial charge in [-0.1, -0.05) is 41.8 Å². The molecule has 1 aromatic heterocycles. The van der Waals surface area contributed by atoms with Gasteiger partial charge < -0.3 is 27.0 Å². The minimum absolute atomic E-state index is 0.00731. The predicted molar refractivity (Wildman–Crippen MR) is 128 cm³/mol. The molecule has 0 saturated heterocycles. The van der Waals surface area contributed by atoms with Gasteiger partial charge in [0.25, 0.3) is 5.91 Å². The lowest BCUT2D eigenvalue weighted by atomic mass is 10.1. The van der Waals surface area contributed by atoms with Gasteiger partial charge in [-0.15, -0.1) is 0 Å². The smallest absolute Gasteiger partial charge is 0.273 e. The first-order chi connectivity index (χ1) is 15.3. The highest BCUT2D eigenvalue weighted by atomic mass is 35.5. The monoisotopic (exact) mass is 481 g/mol. The molecule has 0 bridgehead atoms. The fourth-order valence-electron chi connectivity index (χ4n) is 2.93. The van der Waals surface area contributed by atoms with Gasteiger partial charge in [0.05, 0.1) is 6.42 Å². The van der Waals surface area contributed by atoms with Crippen LogP contribution in [-0.2, 0) is 11.2 Å². The summed E-state index contributed by atoms with van der Waals surface area (Å²) in [5, 5.41) is 6.29. The number of aromatic nitrogens is 2. The van der Waals surface area contributed by atoms with Crippen LogP contribution >= 0.6 is 23.2 Å². The van der Waals surface area contributed by atoms with Crippen LogP contribution < -0.4 is 22.1 Å². The maximum absolute atomic E-state index is 12.2. The van der Waals surface area contributed by atoms with Crippen LogP contribution in [0.5, 0.6) is 0 Å². The van der Waals surface area contributed by atoms with E-state index in [4.69, 9.17) is 34.7 Å². The lowest BCUT2D eigenvalue weighted by molar-refractivity contribution is -0.120. The lowest BCUT2D eigenvalue weighted by Gasteiger charge is -2.17. The van der Waals surface area contributed by atoms with Crippen molar-refractivity contribution < 1.29 is 9.59 Å². The van der Waals surface area contributed by atoms with Crippen molar-refractivity contribution in [2.75, 3.05) is 44.7 Å². The number of rotatable bonds is 12.